The summed E-state index contributed by atoms with van der Waals surface area (Å²) in [6.07, 6.45) is 0.669. The molecule has 0 radical (unpaired) electrons. The van der Waals surface area contributed by atoms with Crippen LogP contribution in [0.5, 0.6) is 0 Å². The molecule has 2 aromatic heterocycles. The molecule has 0 spiro atoms. The van der Waals surface area contributed by atoms with E-state index in [4.69, 9.17) is 14.0 Å². The summed E-state index contributed by atoms with van der Waals surface area (Å²) >= 11 is 1.56. The number of methoxy groups -OCH3 is 1. The van der Waals surface area contributed by atoms with Gasteiger partial charge in [0.1, 0.15) is 6.61 Å². The van der Waals surface area contributed by atoms with E-state index < -0.39 is 0 Å². The fourth-order valence-corrected chi connectivity index (χ4v) is 3.19. The molecule has 0 aromatic carbocycles. The molecule has 2 aromatic rings. The zero-order valence-corrected chi connectivity index (χ0v) is 14.5. The van der Waals surface area contributed by atoms with Gasteiger partial charge in [0.2, 0.25) is 11.8 Å². The van der Waals surface area contributed by atoms with Crippen molar-refractivity contribution in [3.63, 3.8) is 0 Å². The van der Waals surface area contributed by atoms with Crippen LogP contribution < -0.4 is 0 Å². The Morgan fingerprint density at radius 1 is 1.50 bits per heavy atom. The number of carbonyl (C=O) groups excluding carboxylic acids is 1. The van der Waals surface area contributed by atoms with Crippen LogP contribution in [0.25, 0.3) is 0 Å². The van der Waals surface area contributed by atoms with E-state index in [0.29, 0.717) is 50.9 Å². The second-order valence-electron chi connectivity index (χ2n) is 5.61. The Hall–Kier alpha value is -1.84. The molecule has 1 aliphatic heterocycles. The van der Waals surface area contributed by atoms with Crippen molar-refractivity contribution in [2.75, 3.05) is 26.8 Å². The van der Waals surface area contributed by atoms with Gasteiger partial charge in [0.15, 0.2) is 5.82 Å². The van der Waals surface area contributed by atoms with Crippen molar-refractivity contribution < 1.29 is 18.8 Å². The molecule has 9 heteroatoms. The van der Waals surface area contributed by atoms with E-state index in [1.54, 1.807) is 18.4 Å². The molecule has 130 valence electrons. The number of ether oxygens (including phenoxy) is 2. The van der Waals surface area contributed by atoms with E-state index in [0.717, 1.165) is 10.7 Å². The van der Waals surface area contributed by atoms with E-state index in [1.807, 2.05) is 17.2 Å². The van der Waals surface area contributed by atoms with Crippen molar-refractivity contribution in [2.24, 2.45) is 0 Å². The van der Waals surface area contributed by atoms with Gasteiger partial charge in [-0.05, 0) is 6.92 Å². The van der Waals surface area contributed by atoms with Gasteiger partial charge >= 0.3 is 0 Å². The van der Waals surface area contributed by atoms with Crippen LogP contribution in [0.15, 0.2) is 9.90 Å². The fraction of sp³-hybridized carbons (Fsp3) is 0.600. The Morgan fingerprint density at radius 2 is 2.38 bits per heavy atom. The third-order valence-electron chi connectivity index (χ3n) is 3.68. The van der Waals surface area contributed by atoms with Crippen LogP contribution in [0, 0.1) is 6.92 Å². The van der Waals surface area contributed by atoms with Crippen LogP contribution in [-0.2, 0) is 33.7 Å². The molecule has 24 heavy (non-hydrogen) atoms. The van der Waals surface area contributed by atoms with E-state index >= 15 is 0 Å². The number of rotatable bonds is 6. The molecule has 1 aliphatic rings. The third-order valence-corrected chi connectivity index (χ3v) is 4.50. The van der Waals surface area contributed by atoms with Crippen LogP contribution in [0.1, 0.15) is 22.4 Å². The van der Waals surface area contributed by atoms with Crippen LogP contribution in [0.2, 0.25) is 0 Å². The molecule has 0 aliphatic carbocycles. The Morgan fingerprint density at radius 3 is 3.12 bits per heavy atom. The molecular weight excluding hydrogens is 332 g/mol. The van der Waals surface area contributed by atoms with Crippen LogP contribution >= 0.6 is 11.3 Å². The molecule has 0 N–H and O–H groups in total. The monoisotopic (exact) mass is 352 g/mol. The number of amides is 1. The second kappa shape index (κ2) is 7.82. The SMILES string of the molecule is COCc1noc(CC2CN(C(=O)Cc3csc(C)n3)CCO2)n1. The maximum Gasteiger partial charge on any atom is 0.229 e. The van der Waals surface area contributed by atoms with Crippen molar-refractivity contribution in [3.8, 4) is 0 Å². The minimum Gasteiger partial charge on any atom is -0.377 e. The van der Waals surface area contributed by atoms with Gasteiger partial charge in [-0.25, -0.2) is 4.98 Å². The summed E-state index contributed by atoms with van der Waals surface area (Å²) < 4.78 is 15.9. The summed E-state index contributed by atoms with van der Waals surface area (Å²) in [6.45, 7) is 3.87. The summed E-state index contributed by atoms with van der Waals surface area (Å²) in [5.41, 5.74) is 0.826. The lowest BCUT2D eigenvalue weighted by molar-refractivity contribution is -0.138. The summed E-state index contributed by atoms with van der Waals surface area (Å²) in [5.74, 6) is 1.07. The lowest BCUT2D eigenvalue weighted by atomic mass is 10.2. The highest BCUT2D eigenvalue weighted by Gasteiger charge is 2.26. The zero-order chi connectivity index (χ0) is 16.9. The minimum atomic E-state index is -0.143. The fourth-order valence-electron chi connectivity index (χ4n) is 2.58. The Labute approximate surface area is 143 Å². The molecular formula is C15H20N4O4S. The average molecular weight is 352 g/mol. The van der Waals surface area contributed by atoms with Crippen molar-refractivity contribution in [3.05, 3.63) is 27.8 Å². The predicted octanol–water partition coefficient (Wildman–Crippen LogP) is 0.994. The smallest absolute Gasteiger partial charge is 0.229 e. The lowest BCUT2D eigenvalue weighted by Crippen LogP contribution is -2.47. The number of carbonyl (C=O) groups is 1. The lowest BCUT2D eigenvalue weighted by Gasteiger charge is -2.32. The number of nitrogens with zero attached hydrogens (tertiary/aromatic N) is 4. The van der Waals surface area contributed by atoms with Crippen LogP contribution in [-0.4, -0.2) is 58.8 Å². The maximum atomic E-state index is 12.4. The number of morpholine rings is 1. The van der Waals surface area contributed by atoms with Crippen LogP contribution in [0.3, 0.4) is 0 Å². The molecule has 1 fully saturated rings. The third kappa shape index (κ3) is 4.37. The van der Waals surface area contributed by atoms with Gasteiger partial charge in [-0.1, -0.05) is 5.16 Å². The van der Waals surface area contributed by atoms with Gasteiger partial charge in [-0.15, -0.1) is 11.3 Å². The van der Waals surface area contributed by atoms with E-state index in [2.05, 4.69) is 15.1 Å². The highest BCUT2D eigenvalue weighted by Crippen LogP contribution is 2.14. The Balaban J connectivity index is 1.54. The molecule has 1 amide bonds. The number of aryl methyl sites for hydroxylation is 1. The van der Waals surface area contributed by atoms with Gasteiger partial charge in [0.05, 0.1) is 36.3 Å². The van der Waals surface area contributed by atoms with Crippen molar-refractivity contribution in [1.29, 1.82) is 0 Å². The summed E-state index contributed by atoms with van der Waals surface area (Å²) in [4.78, 5) is 22.8. The Bertz CT molecular complexity index is 687. The maximum absolute atomic E-state index is 12.4. The molecule has 8 nitrogen and oxygen atoms in total. The van der Waals surface area contributed by atoms with Crippen LogP contribution in [0.4, 0.5) is 0 Å². The van der Waals surface area contributed by atoms with Gasteiger partial charge in [-0.3, -0.25) is 4.79 Å². The number of hydrogen-bond donors (Lipinski definition) is 0. The molecule has 0 saturated carbocycles. The molecule has 0 bridgehead atoms. The normalized spacial score (nSPS) is 18.1. The first-order valence-corrected chi connectivity index (χ1v) is 8.63. The molecule has 3 heterocycles. The van der Waals surface area contributed by atoms with E-state index in [9.17, 15) is 4.79 Å². The predicted molar refractivity (Wildman–Crippen MR) is 85.6 cm³/mol. The number of hydrogen-bond acceptors (Lipinski definition) is 8. The largest absolute Gasteiger partial charge is 0.377 e. The summed E-state index contributed by atoms with van der Waals surface area (Å²) in [7, 11) is 1.58. The first-order chi connectivity index (χ1) is 11.6. The first kappa shape index (κ1) is 17.0. The van der Waals surface area contributed by atoms with Gasteiger partial charge < -0.3 is 18.9 Å². The minimum absolute atomic E-state index is 0.0687. The average Bonchev–Trinajstić information content (AvgIpc) is 3.17. The van der Waals surface area contributed by atoms with E-state index in [1.165, 1.54) is 0 Å². The standard InChI is InChI=1S/C15H20N4O4S/c1-10-16-11(9-24-10)5-15(20)19-3-4-22-12(7-19)6-14-17-13(8-21-2)18-23-14/h9,12H,3-8H2,1-2H3. The van der Waals surface area contributed by atoms with Gasteiger partial charge in [-0.2, -0.15) is 4.98 Å². The molecule has 1 atom stereocenters. The first-order valence-electron chi connectivity index (χ1n) is 7.75. The van der Waals surface area contributed by atoms with Crippen molar-refractivity contribution in [2.45, 2.75) is 32.5 Å². The second-order valence-corrected chi connectivity index (χ2v) is 6.67. The van der Waals surface area contributed by atoms with Crippen molar-refractivity contribution in [1.82, 2.24) is 20.0 Å². The molecule has 3 rings (SSSR count). The zero-order valence-electron chi connectivity index (χ0n) is 13.7. The summed E-state index contributed by atoms with van der Waals surface area (Å²) in [5, 5.41) is 6.73. The van der Waals surface area contributed by atoms with E-state index in [-0.39, 0.29) is 12.0 Å². The molecule has 1 unspecified atom stereocenters. The van der Waals surface area contributed by atoms with Gasteiger partial charge in [0.25, 0.3) is 0 Å². The Kier molecular flexibility index (Phi) is 5.54. The molecule has 1 saturated heterocycles. The summed E-state index contributed by atoms with van der Waals surface area (Å²) in [6, 6.07) is 0. The quantitative estimate of drug-likeness (QED) is 0.766. The highest BCUT2D eigenvalue weighted by atomic mass is 32.1. The number of thiazole rings is 1. The highest BCUT2D eigenvalue weighted by molar-refractivity contribution is 7.09. The topological polar surface area (TPSA) is 90.6 Å². The number of aromatic nitrogens is 3. The van der Waals surface area contributed by atoms with Crippen molar-refractivity contribution >= 4 is 17.2 Å². The van der Waals surface area contributed by atoms with Gasteiger partial charge in [0, 0.05) is 25.6 Å².